The molecule has 1 heterocycles. The van der Waals surface area contributed by atoms with Gasteiger partial charge >= 0.3 is 0 Å². The molecule has 1 aromatic carbocycles. The molecule has 1 fully saturated rings. The topological polar surface area (TPSA) is 76.8 Å². The number of epoxide rings is 1. The molecule has 1 aliphatic rings. The minimum atomic E-state index is -0.984. The second-order valence-corrected chi connectivity index (χ2v) is 3.47. The molecule has 80 valence electrons. The molecule has 0 bridgehead atoms. The number of rotatable bonds is 2. The molecule has 2 rings (SSSR count). The maximum Gasteiger partial charge on any atom is 0.194 e. The molecule has 4 nitrogen and oxygen atoms in total. The van der Waals surface area contributed by atoms with Crippen molar-refractivity contribution in [1.82, 2.24) is 0 Å². The molecule has 2 unspecified atom stereocenters. The lowest BCUT2D eigenvalue weighted by Gasteiger charge is -2.05. The zero-order chi connectivity index (χ0) is 11.2. The number of phenols is 2. The van der Waals surface area contributed by atoms with Crippen molar-refractivity contribution in [3.05, 3.63) is 23.5 Å². The van der Waals surface area contributed by atoms with Gasteiger partial charge in [0.2, 0.25) is 0 Å². The third kappa shape index (κ3) is 1.55. The van der Waals surface area contributed by atoms with E-state index in [4.69, 9.17) is 20.4 Å². The standard InChI is InChI=1S/C10H10FNO3/c1-4-10(15-4)8(12)5-2-3-6(13)9(14)7(5)11/h2-4,10,12-14H,1H3. The fourth-order valence-electron chi connectivity index (χ4n) is 1.40. The zero-order valence-electron chi connectivity index (χ0n) is 7.99. The van der Waals surface area contributed by atoms with Gasteiger partial charge in [0.1, 0.15) is 6.10 Å². The van der Waals surface area contributed by atoms with Crippen LogP contribution in [0.2, 0.25) is 0 Å². The minimum absolute atomic E-state index is 0.0182. The van der Waals surface area contributed by atoms with Crippen LogP contribution in [-0.4, -0.2) is 28.1 Å². The zero-order valence-corrected chi connectivity index (χ0v) is 7.99. The summed E-state index contributed by atoms with van der Waals surface area (Å²) in [6, 6.07) is 2.40. The van der Waals surface area contributed by atoms with Gasteiger partial charge in [-0.1, -0.05) is 0 Å². The summed E-state index contributed by atoms with van der Waals surface area (Å²) in [4.78, 5) is 0. The Labute approximate surface area is 85.4 Å². The molecule has 2 atom stereocenters. The number of ether oxygens (including phenoxy) is 1. The lowest BCUT2D eigenvalue weighted by atomic mass is 10.0. The summed E-state index contributed by atoms with van der Waals surface area (Å²) in [5, 5.41) is 25.8. The van der Waals surface area contributed by atoms with Crippen LogP contribution in [0.4, 0.5) is 4.39 Å². The molecule has 0 aliphatic carbocycles. The molecule has 0 amide bonds. The largest absolute Gasteiger partial charge is 0.504 e. The molecule has 1 aromatic rings. The highest BCUT2D eigenvalue weighted by Crippen LogP contribution is 2.33. The molecular formula is C10H10FNO3. The summed E-state index contributed by atoms with van der Waals surface area (Å²) < 4.78 is 18.4. The first-order valence-corrected chi connectivity index (χ1v) is 4.47. The smallest absolute Gasteiger partial charge is 0.194 e. The first-order valence-electron chi connectivity index (χ1n) is 4.47. The first kappa shape index (κ1) is 9.92. The van der Waals surface area contributed by atoms with Gasteiger partial charge in [-0.25, -0.2) is 4.39 Å². The van der Waals surface area contributed by atoms with E-state index in [1.165, 1.54) is 6.07 Å². The highest BCUT2D eigenvalue weighted by molar-refractivity contribution is 6.04. The molecule has 0 spiro atoms. The first-order chi connectivity index (χ1) is 7.02. The Morgan fingerprint density at radius 2 is 2.07 bits per heavy atom. The SMILES string of the molecule is CC1OC1C(=N)c1ccc(O)c(O)c1F. The highest BCUT2D eigenvalue weighted by Gasteiger charge is 2.39. The number of nitrogens with one attached hydrogen (secondary N) is 1. The lowest BCUT2D eigenvalue weighted by Crippen LogP contribution is -2.11. The van der Waals surface area contributed by atoms with Gasteiger partial charge in [0.15, 0.2) is 17.3 Å². The maximum absolute atomic E-state index is 13.4. The predicted molar refractivity (Wildman–Crippen MR) is 50.9 cm³/mol. The van der Waals surface area contributed by atoms with E-state index in [1.54, 1.807) is 6.92 Å². The number of aromatic hydroxyl groups is 2. The van der Waals surface area contributed by atoms with Crippen LogP contribution in [0.3, 0.4) is 0 Å². The average Bonchev–Trinajstić information content (AvgIpc) is 2.91. The van der Waals surface area contributed by atoms with E-state index >= 15 is 0 Å². The van der Waals surface area contributed by atoms with E-state index in [0.717, 1.165) is 6.07 Å². The van der Waals surface area contributed by atoms with Crippen LogP contribution in [0.1, 0.15) is 12.5 Å². The predicted octanol–water partition coefficient (Wildman–Crippen LogP) is 1.39. The Hall–Kier alpha value is -1.62. The number of phenolic OH excluding ortho intramolecular Hbond substituents is 2. The second-order valence-electron chi connectivity index (χ2n) is 3.47. The van der Waals surface area contributed by atoms with E-state index in [0.29, 0.717) is 0 Å². The molecule has 15 heavy (non-hydrogen) atoms. The second kappa shape index (κ2) is 3.20. The molecule has 5 heteroatoms. The van der Waals surface area contributed by atoms with E-state index < -0.39 is 23.4 Å². The van der Waals surface area contributed by atoms with Crippen molar-refractivity contribution in [2.45, 2.75) is 19.1 Å². The van der Waals surface area contributed by atoms with Crippen molar-refractivity contribution < 1.29 is 19.3 Å². The van der Waals surface area contributed by atoms with Crippen LogP contribution in [0.15, 0.2) is 12.1 Å². The van der Waals surface area contributed by atoms with Crippen molar-refractivity contribution >= 4 is 5.71 Å². The van der Waals surface area contributed by atoms with Gasteiger partial charge < -0.3 is 20.4 Å². The third-order valence-electron chi connectivity index (χ3n) is 2.38. The van der Waals surface area contributed by atoms with Gasteiger partial charge in [0.05, 0.1) is 11.8 Å². The quantitative estimate of drug-likeness (QED) is 0.393. The monoisotopic (exact) mass is 211 g/mol. The van der Waals surface area contributed by atoms with Crippen LogP contribution < -0.4 is 0 Å². The van der Waals surface area contributed by atoms with Crippen molar-refractivity contribution in [3.63, 3.8) is 0 Å². The number of hydrogen-bond donors (Lipinski definition) is 3. The van der Waals surface area contributed by atoms with Gasteiger partial charge in [-0.05, 0) is 19.1 Å². The third-order valence-corrected chi connectivity index (χ3v) is 2.38. The van der Waals surface area contributed by atoms with E-state index in [9.17, 15) is 4.39 Å². The summed E-state index contributed by atoms with van der Waals surface area (Å²) in [6.45, 7) is 1.78. The Kier molecular flexibility index (Phi) is 2.12. The van der Waals surface area contributed by atoms with Crippen LogP contribution in [0, 0.1) is 11.2 Å². The van der Waals surface area contributed by atoms with Crippen molar-refractivity contribution in [2.24, 2.45) is 0 Å². The summed E-state index contributed by atoms with van der Waals surface area (Å²) in [5.41, 5.74) is -0.0602. The molecular weight excluding hydrogens is 201 g/mol. The van der Waals surface area contributed by atoms with Crippen molar-refractivity contribution in [2.75, 3.05) is 0 Å². The lowest BCUT2D eigenvalue weighted by molar-refractivity contribution is 0.378. The number of hydrogen-bond acceptors (Lipinski definition) is 4. The van der Waals surface area contributed by atoms with Gasteiger partial charge in [-0.3, -0.25) is 0 Å². The molecule has 3 N–H and O–H groups in total. The normalized spacial score (nSPS) is 23.9. The molecule has 0 radical (unpaired) electrons. The molecule has 1 aliphatic heterocycles. The molecule has 1 saturated heterocycles. The van der Waals surface area contributed by atoms with Crippen LogP contribution in [0.5, 0.6) is 11.5 Å². The van der Waals surface area contributed by atoms with E-state index in [2.05, 4.69) is 0 Å². The minimum Gasteiger partial charge on any atom is -0.504 e. The van der Waals surface area contributed by atoms with Crippen LogP contribution in [-0.2, 0) is 4.74 Å². The number of halogens is 1. The van der Waals surface area contributed by atoms with Gasteiger partial charge in [0, 0.05) is 5.56 Å². The summed E-state index contributed by atoms with van der Waals surface area (Å²) in [6.07, 6.45) is -0.503. The Morgan fingerprint density at radius 3 is 2.60 bits per heavy atom. The van der Waals surface area contributed by atoms with Gasteiger partial charge in [-0.2, -0.15) is 0 Å². The Morgan fingerprint density at radius 1 is 1.47 bits per heavy atom. The average molecular weight is 211 g/mol. The Balaban J connectivity index is 2.37. The summed E-state index contributed by atoms with van der Waals surface area (Å²) in [5.74, 6) is -2.35. The van der Waals surface area contributed by atoms with Gasteiger partial charge in [0.25, 0.3) is 0 Å². The number of benzene rings is 1. The van der Waals surface area contributed by atoms with Crippen LogP contribution >= 0.6 is 0 Å². The summed E-state index contributed by atoms with van der Waals surface area (Å²) in [7, 11) is 0. The fraction of sp³-hybridized carbons (Fsp3) is 0.300. The maximum atomic E-state index is 13.4. The Bertz CT molecular complexity index is 433. The van der Waals surface area contributed by atoms with E-state index in [1.807, 2.05) is 0 Å². The fourth-order valence-corrected chi connectivity index (χ4v) is 1.40. The van der Waals surface area contributed by atoms with Gasteiger partial charge in [-0.15, -0.1) is 0 Å². The molecule has 0 saturated carbocycles. The highest BCUT2D eigenvalue weighted by atomic mass is 19.1. The summed E-state index contributed by atoms with van der Waals surface area (Å²) >= 11 is 0. The van der Waals surface area contributed by atoms with E-state index in [-0.39, 0.29) is 17.4 Å². The van der Waals surface area contributed by atoms with Crippen molar-refractivity contribution in [1.29, 1.82) is 5.41 Å². The van der Waals surface area contributed by atoms with Crippen molar-refractivity contribution in [3.8, 4) is 11.5 Å². The van der Waals surface area contributed by atoms with Crippen LogP contribution in [0.25, 0.3) is 0 Å². The molecule has 0 aromatic heterocycles.